The highest BCUT2D eigenvalue weighted by atomic mass is 32.1. The Labute approximate surface area is 182 Å². The van der Waals surface area contributed by atoms with Crippen LogP contribution in [0.1, 0.15) is 26.5 Å². The smallest absolute Gasteiger partial charge is 0.263 e. The van der Waals surface area contributed by atoms with Gasteiger partial charge in [-0.05, 0) is 43.0 Å². The molecular weight excluding hydrogens is 398 g/mol. The Hall–Kier alpha value is -2.54. The molecule has 30 heavy (non-hydrogen) atoms. The first kappa shape index (κ1) is 20.7. The third-order valence-corrected chi connectivity index (χ3v) is 7.28. The molecule has 1 aliphatic heterocycles. The van der Waals surface area contributed by atoms with E-state index in [1.54, 1.807) is 37.4 Å². The van der Waals surface area contributed by atoms with Gasteiger partial charge in [-0.15, -0.1) is 11.3 Å². The number of nitrogens with zero attached hydrogens (tertiary/aromatic N) is 3. The highest BCUT2D eigenvalue weighted by molar-refractivity contribution is 7.14. The molecule has 1 aromatic heterocycles. The predicted molar refractivity (Wildman–Crippen MR) is 120 cm³/mol. The van der Waals surface area contributed by atoms with Crippen LogP contribution in [0.2, 0.25) is 0 Å². The third-order valence-electron chi connectivity index (χ3n) is 6.06. The van der Waals surface area contributed by atoms with E-state index in [0.717, 1.165) is 61.8 Å². The molecule has 160 valence electrons. The van der Waals surface area contributed by atoms with Crippen LogP contribution >= 0.6 is 11.3 Å². The Morgan fingerprint density at radius 2 is 1.90 bits per heavy atom. The van der Waals surface area contributed by atoms with Gasteiger partial charge in [0.2, 0.25) is 5.91 Å². The first-order valence-electron chi connectivity index (χ1n) is 10.5. The number of piperazine rings is 1. The summed E-state index contributed by atoms with van der Waals surface area (Å²) in [4.78, 5) is 33.4. The molecule has 1 atom stereocenters. The molecule has 2 aromatic rings. The number of thiophene rings is 1. The van der Waals surface area contributed by atoms with Gasteiger partial charge in [0.05, 0.1) is 12.0 Å². The molecule has 0 radical (unpaired) electrons. The molecule has 0 saturated carbocycles. The maximum Gasteiger partial charge on any atom is 0.263 e. The lowest BCUT2D eigenvalue weighted by Gasteiger charge is -2.38. The summed E-state index contributed by atoms with van der Waals surface area (Å²) in [6, 6.07) is 10.1. The van der Waals surface area contributed by atoms with Crippen molar-refractivity contribution >= 4 is 28.8 Å². The van der Waals surface area contributed by atoms with E-state index in [-0.39, 0.29) is 17.7 Å². The van der Waals surface area contributed by atoms with Crippen LogP contribution in [0.3, 0.4) is 0 Å². The zero-order chi connectivity index (χ0) is 21.3. The Morgan fingerprint density at radius 3 is 2.60 bits per heavy atom. The van der Waals surface area contributed by atoms with Crippen LogP contribution in [-0.4, -0.2) is 69.0 Å². The Morgan fingerprint density at radius 1 is 1.13 bits per heavy atom. The summed E-state index contributed by atoms with van der Waals surface area (Å²) < 4.78 is 5.33. The van der Waals surface area contributed by atoms with Gasteiger partial charge in [0.25, 0.3) is 5.91 Å². The van der Waals surface area contributed by atoms with Gasteiger partial charge in [0.1, 0.15) is 5.75 Å². The van der Waals surface area contributed by atoms with Crippen molar-refractivity contribution in [2.24, 2.45) is 5.92 Å². The van der Waals surface area contributed by atoms with Gasteiger partial charge in [-0.3, -0.25) is 9.59 Å². The van der Waals surface area contributed by atoms with E-state index < -0.39 is 0 Å². The van der Waals surface area contributed by atoms with Crippen molar-refractivity contribution in [3.63, 3.8) is 0 Å². The minimum Gasteiger partial charge on any atom is -0.497 e. The van der Waals surface area contributed by atoms with Crippen molar-refractivity contribution in [3.8, 4) is 5.75 Å². The SMILES string of the molecule is COc1cccc(N2CCN(C(=O)[C@@H]3CCc4sc(C(=O)N(C)C)cc4C3)CC2)c1. The molecular formula is C23H29N3O3S. The largest absolute Gasteiger partial charge is 0.497 e. The molecule has 2 heterocycles. The second-order valence-corrected chi connectivity index (χ2v) is 9.35. The van der Waals surface area contributed by atoms with E-state index in [0.29, 0.717) is 0 Å². The molecule has 1 saturated heterocycles. The van der Waals surface area contributed by atoms with Gasteiger partial charge >= 0.3 is 0 Å². The minimum atomic E-state index is 0.0257. The van der Waals surface area contributed by atoms with Crippen LogP contribution < -0.4 is 9.64 Å². The zero-order valence-electron chi connectivity index (χ0n) is 17.9. The fraction of sp³-hybridized carbons (Fsp3) is 0.478. The predicted octanol–water partition coefficient (Wildman–Crippen LogP) is 2.91. The fourth-order valence-electron chi connectivity index (χ4n) is 4.31. The van der Waals surface area contributed by atoms with Crippen LogP contribution in [0.15, 0.2) is 30.3 Å². The van der Waals surface area contributed by atoms with Crippen molar-refractivity contribution in [2.45, 2.75) is 19.3 Å². The fourth-order valence-corrected chi connectivity index (χ4v) is 5.54. The average molecular weight is 428 g/mol. The Kier molecular flexibility index (Phi) is 5.99. The standard InChI is InChI=1S/C23H29N3O3S/c1-24(2)23(28)21-14-17-13-16(7-8-20(17)30-21)22(27)26-11-9-25(10-12-26)18-5-4-6-19(15-18)29-3/h4-6,14-16H,7-13H2,1-3H3/t16-/m1/s1. The van der Waals surface area contributed by atoms with Crippen molar-refractivity contribution in [3.05, 3.63) is 45.6 Å². The van der Waals surface area contributed by atoms with E-state index in [1.165, 1.54) is 10.4 Å². The number of rotatable bonds is 4. The molecule has 2 amide bonds. The van der Waals surface area contributed by atoms with Crippen LogP contribution in [0.4, 0.5) is 5.69 Å². The summed E-state index contributed by atoms with van der Waals surface area (Å²) in [5.74, 6) is 1.19. The van der Waals surface area contributed by atoms with Gasteiger partial charge in [-0.25, -0.2) is 0 Å². The van der Waals surface area contributed by atoms with E-state index in [2.05, 4.69) is 11.0 Å². The summed E-state index contributed by atoms with van der Waals surface area (Å²) >= 11 is 1.59. The third kappa shape index (κ3) is 4.17. The average Bonchev–Trinajstić information content (AvgIpc) is 3.21. The van der Waals surface area contributed by atoms with Gasteiger partial charge in [0.15, 0.2) is 0 Å². The monoisotopic (exact) mass is 427 g/mol. The first-order valence-corrected chi connectivity index (χ1v) is 11.3. The lowest BCUT2D eigenvalue weighted by atomic mass is 9.87. The van der Waals surface area contributed by atoms with Crippen molar-refractivity contribution in [1.82, 2.24) is 9.80 Å². The number of hydrogen-bond donors (Lipinski definition) is 0. The maximum atomic E-state index is 13.2. The molecule has 0 bridgehead atoms. The molecule has 7 heteroatoms. The number of ether oxygens (including phenoxy) is 1. The van der Waals surface area contributed by atoms with E-state index in [1.807, 2.05) is 29.2 Å². The first-order chi connectivity index (χ1) is 14.5. The van der Waals surface area contributed by atoms with Crippen molar-refractivity contribution in [2.75, 3.05) is 52.3 Å². The quantitative estimate of drug-likeness (QED) is 0.753. The van der Waals surface area contributed by atoms with Gasteiger partial charge in [0, 0.05) is 62.8 Å². The van der Waals surface area contributed by atoms with Crippen molar-refractivity contribution < 1.29 is 14.3 Å². The zero-order valence-corrected chi connectivity index (χ0v) is 18.7. The van der Waals surface area contributed by atoms with Gasteiger partial charge in [-0.1, -0.05) is 6.07 Å². The summed E-state index contributed by atoms with van der Waals surface area (Å²) in [7, 11) is 5.23. The molecule has 0 unspecified atom stereocenters. The van der Waals surface area contributed by atoms with Gasteiger partial charge < -0.3 is 19.4 Å². The second-order valence-electron chi connectivity index (χ2n) is 8.21. The van der Waals surface area contributed by atoms with E-state index >= 15 is 0 Å². The second kappa shape index (κ2) is 8.68. The number of aryl methyl sites for hydroxylation is 1. The molecule has 6 nitrogen and oxygen atoms in total. The number of fused-ring (bicyclic) bond motifs is 1. The summed E-state index contributed by atoms with van der Waals surface area (Å²) in [6.45, 7) is 3.15. The molecule has 1 fully saturated rings. The minimum absolute atomic E-state index is 0.0257. The molecule has 1 aliphatic carbocycles. The summed E-state index contributed by atoms with van der Waals surface area (Å²) in [5, 5.41) is 0. The highest BCUT2D eigenvalue weighted by Gasteiger charge is 2.32. The molecule has 4 rings (SSSR count). The van der Waals surface area contributed by atoms with Gasteiger partial charge in [-0.2, -0.15) is 0 Å². The number of methoxy groups -OCH3 is 1. The van der Waals surface area contributed by atoms with E-state index in [9.17, 15) is 9.59 Å². The number of benzene rings is 1. The van der Waals surface area contributed by atoms with Crippen LogP contribution in [0.25, 0.3) is 0 Å². The Balaban J connectivity index is 1.36. The number of carbonyl (C=O) groups excluding carboxylic acids is 2. The number of carbonyl (C=O) groups is 2. The number of hydrogen-bond acceptors (Lipinski definition) is 5. The topological polar surface area (TPSA) is 53.1 Å². The normalized spacial score (nSPS) is 18.7. The number of anilines is 1. The molecule has 0 N–H and O–H groups in total. The number of amides is 2. The molecule has 1 aromatic carbocycles. The summed E-state index contributed by atoms with van der Waals surface area (Å²) in [5.41, 5.74) is 2.32. The van der Waals surface area contributed by atoms with Crippen molar-refractivity contribution in [1.29, 1.82) is 0 Å². The Bertz CT molecular complexity index is 932. The lowest BCUT2D eigenvalue weighted by molar-refractivity contribution is -0.136. The van der Waals surface area contributed by atoms with Crippen LogP contribution in [-0.2, 0) is 17.6 Å². The maximum absolute atomic E-state index is 13.2. The highest BCUT2D eigenvalue weighted by Crippen LogP contribution is 2.34. The van der Waals surface area contributed by atoms with Crippen LogP contribution in [0, 0.1) is 5.92 Å². The molecule has 0 spiro atoms. The lowest BCUT2D eigenvalue weighted by Crippen LogP contribution is -2.51. The summed E-state index contributed by atoms with van der Waals surface area (Å²) in [6.07, 6.45) is 2.51. The van der Waals surface area contributed by atoms with E-state index in [4.69, 9.17) is 4.74 Å². The molecule has 2 aliphatic rings. The van der Waals surface area contributed by atoms with Crippen LogP contribution in [0.5, 0.6) is 5.75 Å².